The van der Waals surface area contributed by atoms with Crippen LogP contribution in [0.15, 0.2) is 36.0 Å². The zero-order chi connectivity index (χ0) is 49.6. The van der Waals surface area contributed by atoms with Gasteiger partial charge in [0.2, 0.25) is 0 Å². The maximum atomic E-state index is 13.3. The average Bonchev–Trinajstić information content (AvgIpc) is 3.91. The summed E-state index contributed by atoms with van der Waals surface area (Å²) in [6.07, 6.45) is 47.2. The van der Waals surface area contributed by atoms with Gasteiger partial charge in [0.25, 0.3) is 0 Å². The molecule has 6 rings (SSSR count). The van der Waals surface area contributed by atoms with E-state index in [1.165, 1.54) is 141 Å². The molecule has 0 amide bonds. The Morgan fingerprint density at radius 1 is 0.757 bits per heavy atom. The van der Waals surface area contributed by atoms with Crippen LogP contribution < -0.4 is 0 Å². The van der Waals surface area contributed by atoms with Gasteiger partial charge in [-0.25, -0.2) is 0 Å². The van der Waals surface area contributed by atoms with Crippen molar-refractivity contribution in [1.82, 2.24) is 4.90 Å². The number of rotatable bonds is 33. The van der Waals surface area contributed by atoms with Crippen LogP contribution in [-0.4, -0.2) is 88.0 Å². The highest BCUT2D eigenvalue weighted by atomic mass is 16.6. The second-order valence-corrected chi connectivity index (χ2v) is 25.4. The lowest BCUT2D eigenvalue weighted by Crippen LogP contribution is -2.43. The number of unbranched alkanes of at least 4 members (excludes halogenated alkanes) is 10. The van der Waals surface area contributed by atoms with E-state index >= 15 is 0 Å². The first-order valence-corrected chi connectivity index (χ1v) is 30.3. The Labute approximate surface area is 431 Å². The maximum Gasteiger partial charge on any atom is 0.309 e. The molecule has 4 saturated carbocycles. The lowest BCUT2D eigenvalue weighted by Gasteiger charge is -2.51. The van der Waals surface area contributed by atoms with Crippen LogP contribution in [0.2, 0.25) is 0 Å². The molecule has 0 N–H and O–H groups in total. The van der Waals surface area contributed by atoms with Crippen molar-refractivity contribution >= 4 is 5.97 Å². The first-order chi connectivity index (χ1) is 33.9. The molecule has 0 aromatic heterocycles. The Hall–Kier alpha value is -1.51. The molecule has 5 fully saturated rings. The van der Waals surface area contributed by atoms with Crippen LogP contribution >= 0.6 is 0 Å². The molecule has 6 aliphatic rings. The van der Waals surface area contributed by atoms with Gasteiger partial charge in [-0.15, -0.1) is 0 Å². The van der Waals surface area contributed by atoms with Gasteiger partial charge < -0.3 is 28.6 Å². The van der Waals surface area contributed by atoms with Gasteiger partial charge in [-0.3, -0.25) is 4.79 Å². The van der Waals surface area contributed by atoms with Gasteiger partial charge in [-0.2, -0.15) is 0 Å². The minimum atomic E-state index is -0.449. The summed E-state index contributed by atoms with van der Waals surface area (Å²) >= 11 is 0. The number of carbonyl (C=O) groups is 1. The lowest BCUT2D eigenvalue weighted by molar-refractivity contribution is -0.163. The van der Waals surface area contributed by atoms with E-state index in [9.17, 15) is 4.79 Å². The largest absolute Gasteiger partial charge is 0.460 e. The summed E-state index contributed by atoms with van der Waals surface area (Å²) in [7, 11) is 0. The summed E-state index contributed by atoms with van der Waals surface area (Å²) in [5, 5.41) is 0. The zero-order valence-electron chi connectivity index (χ0n) is 46.6. The fourth-order valence-electron chi connectivity index (χ4n) is 14.7. The minimum Gasteiger partial charge on any atom is -0.460 e. The van der Waals surface area contributed by atoms with E-state index in [0.29, 0.717) is 56.4 Å². The van der Waals surface area contributed by atoms with Crippen molar-refractivity contribution in [1.29, 1.82) is 0 Å². The molecule has 7 nitrogen and oxygen atoms in total. The van der Waals surface area contributed by atoms with Crippen molar-refractivity contribution in [3.05, 3.63) is 36.0 Å². The quantitative estimate of drug-likeness (QED) is 0.0369. The third kappa shape index (κ3) is 19.0. The summed E-state index contributed by atoms with van der Waals surface area (Å²) in [5.74, 6) is 6.36. The Bertz CT molecular complexity index is 1550. The van der Waals surface area contributed by atoms with Crippen molar-refractivity contribution in [3.63, 3.8) is 0 Å². The van der Waals surface area contributed by atoms with Crippen molar-refractivity contribution in [3.8, 4) is 0 Å². The molecular formula is C63H109NO6. The number of carbonyl (C=O) groups excluding carboxylic acids is 1. The zero-order valence-corrected chi connectivity index (χ0v) is 46.6. The maximum absolute atomic E-state index is 13.3. The predicted molar refractivity (Wildman–Crippen MR) is 291 cm³/mol. The van der Waals surface area contributed by atoms with Gasteiger partial charge in [0, 0.05) is 26.2 Å². The molecule has 1 heterocycles. The fourth-order valence-corrected chi connectivity index (χ4v) is 14.7. The van der Waals surface area contributed by atoms with E-state index in [0.717, 1.165) is 93.9 Å². The third-order valence-electron chi connectivity index (χ3n) is 18.4. The molecule has 402 valence electrons. The molecule has 9 unspecified atom stereocenters. The normalized spacial score (nSPS) is 30.7. The van der Waals surface area contributed by atoms with Crippen molar-refractivity contribution < 1.29 is 28.5 Å². The molecule has 1 saturated heterocycles. The number of esters is 1. The van der Waals surface area contributed by atoms with Crippen LogP contribution in [0, 0.1) is 58.7 Å². The molecule has 0 aromatic rings. The van der Waals surface area contributed by atoms with Gasteiger partial charge in [-0.1, -0.05) is 128 Å². The second-order valence-electron chi connectivity index (χ2n) is 25.4. The summed E-state index contributed by atoms with van der Waals surface area (Å²) < 4.78 is 31.5. The number of ether oxygens (including phenoxy) is 5. The van der Waals surface area contributed by atoms with Crippen molar-refractivity contribution in [2.75, 3.05) is 59.3 Å². The summed E-state index contributed by atoms with van der Waals surface area (Å²) in [5.41, 5.74) is 1.88. The molecule has 11 atom stereocenters. The first-order valence-electron chi connectivity index (χ1n) is 30.3. The highest BCUT2D eigenvalue weighted by molar-refractivity contribution is 5.73. The number of likely N-dealkylation sites (tertiary alicyclic amines) is 1. The number of nitrogens with zero attached hydrogens (tertiary/aromatic N) is 1. The van der Waals surface area contributed by atoms with E-state index in [2.05, 4.69) is 63.0 Å². The van der Waals surface area contributed by atoms with Crippen LogP contribution in [0.4, 0.5) is 0 Å². The molecule has 70 heavy (non-hydrogen) atoms. The highest BCUT2D eigenvalue weighted by Crippen LogP contribution is 2.62. The van der Waals surface area contributed by atoms with Gasteiger partial charge in [0.05, 0.1) is 51.2 Å². The molecule has 1 aliphatic heterocycles. The number of fused-ring (bicyclic) bond motifs is 6. The molecule has 0 radical (unpaired) electrons. The SMILES string of the molecule is CCCCC/C=C\C/C=C\CCCCCCCCOCC(CN1CC2CCCC(C(=O)OC(C)(C)C)C2C1)OCCOCCO[C@H]1CCC2C(=CCC3C2CCC2C3CC[C@]2(C)CCCCC(C)C)C1. The molecule has 5 aliphatic carbocycles. The van der Waals surface area contributed by atoms with Gasteiger partial charge in [0.1, 0.15) is 5.60 Å². The summed E-state index contributed by atoms with van der Waals surface area (Å²) in [6, 6.07) is 0. The van der Waals surface area contributed by atoms with E-state index in [-0.39, 0.29) is 18.0 Å². The Balaban J connectivity index is 0.862. The monoisotopic (exact) mass is 976 g/mol. The first kappa shape index (κ1) is 57.8. The number of hydrogen-bond acceptors (Lipinski definition) is 7. The second kappa shape index (κ2) is 30.8. The molecule has 0 aromatic carbocycles. The Kier molecular flexibility index (Phi) is 25.4. The van der Waals surface area contributed by atoms with Crippen LogP contribution in [-0.2, 0) is 28.5 Å². The van der Waals surface area contributed by atoms with Crippen molar-refractivity contribution in [2.24, 2.45) is 58.7 Å². The standard InChI is InChI=1S/C63H109NO6/c1-8-9-10-11-12-13-14-15-16-17-18-19-20-21-22-25-39-67-48-53(46-64-45-51-28-26-29-58(59(51)47-64)61(65)70-62(4,5)6)69-43-41-66-40-42-68-52-31-33-54-50(44-52)30-32-56-55(54)34-35-60-57(56)36-38-63(60,7)37-24-23-27-49(2)3/h12-13,15-16,30,49,51-60H,8-11,14,17-29,31-48H2,1-7H3/b13-12-,16-15-/t51?,52-,53?,54?,55?,56?,57?,58?,59?,60?,63-/m0/s1. The summed E-state index contributed by atoms with van der Waals surface area (Å²) in [6.45, 7) is 22.2. The van der Waals surface area contributed by atoms with Crippen LogP contribution in [0.5, 0.6) is 0 Å². The fraction of sp³-hybridized carbons (Fsp3) is 0.889. The smallest absolute Gasteiger partial charge is 0.309 e. The van der Waals surface area contributed by atoms with E-state index in [1.54, 1.807) is 5.57 Å². The van der Waals surface area contributed by atoms with Gasteiger partial charge >= 0.3 is 5.97 Å². The number of hydrogen-bond donors (Lipinski definition) is 0. The highest BCUT2D eigenvalue weighted by Gasteiger charge is 2.53. The predicted octanol–water partition coefficient (Wildman–Crippen LogP) is 15.7. The Morgan fingerprint density at radius 3 is 2.31 bits per heavy atom. The summed E-state index contributed by atoms with van der Waals surface area (Å²) in [4.78, 5) is 15.8. The minimum absolute atomic E-state index is 0.00149. The lowest BCUT2D eigenvalue weighted by atomic mass is 9.54. The topological polar surface area (TPSA) is 66.5 Å². The average molecular weight is 977 g/mol. The molecule has 0 bridgehead atoms. The molecule has 0 spiro atoms. The van der Waals surface area contributed by atoms with Crippen LogP contribution in [0.1, 0.15) is 222 Å². The number of allylic oxidation sites excluding steroid dienone is 5. The van der Waals surface area contributed by atoms with Crippen LogP contribution in [0.3, 0.4) is 0 Å². The van der Waals surface area contributed by atoms with E-state index in [4.69, 9.17) is 23.7 Å². The Morgan fingerprint density at radius 2 is 1.53 bits per heavy atom. The van der Waals surface area contributed by atoms with E-state index in [1.807, 2.05) is 20.8 Å². The van der Waals surface area contributed by atoms with E-state index < -0.39 is 5.60 Å². The van der Waals surface area contributed by atoms with Gasteiger partial charge in [0.15, 0.2) is 0 Å². The molecular weight excluding hydrogens is 867 g/mol. The third-order valence-corrected chi connectivity index (χ3v) is 18.4. The molecule has 7 heteroatoms. The van der Waals surface area contributed by atoms with Crippen molar-refractivity contribution in [2.45, 2.75) is 240 Å². The van der Waals surface area contributed by atoms with Crippen LogP contribution in [0.25, 0.3) is 0 Å². The van der Waals surface area contributed by atoms with Gasteiger partial charge in [-0.05, 0) is 183 Å².